The SMILES string of the molecule is Nc1ccc(-c2nc3ccccc3s2)c(NC2CCC(CO)C2)n1. The molecule has 1 saturated carbocycles. The standard InChI is InChI=1S/C18H20N4OS/c19-16-8-7-13(18-21-14-3-1-2-4-15(14)24-18)17(22-16)20-12-6-5-11(9-12)10-23/h1-4,7-8,11-12,23H,5-6,9-10H2,(H3,19,20,22). The van der Waals surface area contributed by atoms with Crippen molar-refractivity contribution in [3.63, 3.8) is 0 Å². The third-order valence-electron chi connectivity index (χ3n) is 4.58. The molecule has 0 radical (unpaired) electrons. The van der Waals surface area contributed by atoms with Gasteiger partial charge in [-0.3, -0.25) is 0 Å². The molecule has 3 aromatic rings. The van der Waals surface area contributed by atoms with Gasteiger partial charge >= 0.3 is 0 Å². The summed E-state index contributed by atoms with van der Waals surface area (Å²) in [4.78, 5) is 9.24. The number of anilines is 2. The van der Waals surface area contributed by atoms with Crippen molar-refractivity contribution in [2.75, 3.05) is 17.7 Å². The molecule has 2 unspecified atom stereocenters. The molecule has 5 nitrogen and oxygen atoms in total. The normalized spacial score (nSPS) is 20.5. The number of rotatable bonds is 4. The van der Waals surface area contributed by atoms with Crippen LogP contribution in [0.2, 0.25) is 0 Å². The summed E-state index contributed by atoms with van der Waals surface area (Å²) in [6, 6.07) is 12.3. The summed E-state index contributed by atoms with van der Waals surface area (Å²) >= 11 is 1.66. The lowest BCUT2D eigenvalue weighted by atomic mass is 10.1. The second-order valence-electron chi connectivity index (χ2n) is 6.32. The van der Waals surface area contributed by atoms with E-state index in [4.69, 9.17) is 10.7 Å². The van der Waals surface area contributed by atoms with Gasteiger partial charge in [0.2, 0.25) is 0 Å². The first-order valence-electron chi connectivity index (χ1n) is 8.23. The van der Waals surface area contributed by atoms with Crippen LogP contribution >= 0.6 is 11.3 Å². The number of pyridine rings is 1. The Morgan fingerprint density at radius 2 is 2.04 bits per heavy atom. The molecule has 0 bridgehead atoms. The Hall–Kier alpha value is -2.18. The Labute approximate surface area is 144 Å². The van der Waals surface area contributed by atoms with Crippen molar-refractivity contribution in [3.8, 4) is 10.6 Å². The van der Waals surface area contributed by atoms with E-state index in [2.05, 4.69) is 16.4 Å². The molecule has 24 heavy (non-hydrogen) atoms. The molecule has 1 fully saturated rings. The van der Waals surface area contributed by atoms with Gasteiger partial charge in [-0.15, -0.1) is 11.3 Å². The minimum Gasteiger partial charge on any atom is -0.396 e. The average Bonchev–Trinajstić information content (AvgIpc) is 3.21. The van der Waals surface area contributed by atoms with Crippen LogP contribution in [0.4, 0.5) is 11.6 Å². The second kappa shape index (κ2) is 6.37. The fourth-order valence-electron chi connectivity index (χ4n) is 3.31. The number of aromatic nitrogens is 2. The maximum atomic E-state index is 9.34. The second-order valence-corrected chi connectivity index (χ2v) is 7.35. The van der Waals surface area contributed by atoms with Gasteiger partial charge in [0.1, 0.15) is 16.6 Å². The predicted molar refractivity (Wildman–Crippen MR) is 99.1 cm³/mol. The van der Waals surface area contributed by atoms with Crippen LogP contribution in [-0.4, -0.2) is 27.7 Å². The van der Waals surface area contributed by atoms with Gasteiger partial charge < -0.3 is 16.2 Å². The topological polar surface area (TPSA) is 84.1 Å². The summed E-state index contributed by atoms with van der Waals surface area (Å²) in [6.45, 7) is 0.257. The van der Waals surface area contributed by atoms with E-state index in [9.17, 15) is 5.11 Å². The van der Waals surface area contributed by atoms with Crippen LogP contribution < -0.4 is 11.1 Å². The lowest BCUT2D eigenvalue weighted by molar-refractivity contribution is 0.229. The van der Waals surface area contributed by atoms with Gasteiger partial charge in [0.25, 0.3) is 0 Å². The first-order chi connectivity index (χ1) is 11.7. The molecule has 1 aliphatic carbocycles. The largest absolute Gasteiger partial charge is 0.396 e. The number of nitrogens with one attached hydrogen (secondary N) is 1. The number of para-hydroxylation sites is 1. The van der Waals surface area contributed by atoms with Gasteiger partial charge in [-0.1, -0.05) is 12.1 Å². The van der Waals surface area contributed by atoms with Gasteiger partial charge in [-0.25, -0.2) is 9.97 Å². The highest BCUT2D eigenvalue weighted by Gasteiger charge is 2.25. The Morgan fingerprint density at radius 3 is 2.83 bits per heavy atom. The minimum atomic E-state index is 0.257. The van der Waals surface area contributed by atoms with Crippen LogP contribution in [0.3, 0.4) is 0 Å². The first kappa shape index (κ1) is 15.4. The molecule has 0 aliphatic heterocycles. The Morgan fingerprint density at radius 1 is 1.17 bits per heavy atom. The highest BCUT2D eigenvalue weighted by Crippen LogP contribution is 2.36. The van der Waals surface area contributed by atoms with Crippen LogP contribution in [0, 0.1) is 5.92 Å². The van der Waals surface area contributed by atoms with Gasteiger partial charge in [0.05, 0.1) is 15.8 Å². The molecule has 0 saturated heterocycles. The summed E-state index contributed by atoms with van der Waals surface area (Å²) in [7, 11) is 0. The number of benzene rings is 1. The maximum absolute atomic E-state index is 9.34. The molecule has 0 amide bonds. The van der Waals surface area contributed by atoms with Crippen LogP contribution in [0.5, 0.6) is 0 Å². The summed E-state index contributed by atoms with van der Waals surface area (Å²) in [5, 5.41) is 13.8. The quantitative estimate of drug-likeness (QED) is 0.677. The van der Waals surface area contributed by atoms with E-state index in [0.29, 0.717) is 17.8 Å². The van der Waals surface area contributed by atoms with Crippen molar-refractivity contribution >= 4 is 33.2 Å². The number of aliphatic hydroxyl groups excluding tert-OH is 1. The molecular formula is C18H20N4OS. The number of aliphatic hydroxyl groups is 1. The fourth-order valence-corrected chi connectivity index (χ4v) is 4.30. The average molecular weight is 340 g/mol. The summed E-state index contributed by atoms with van der Waals surface area (Å²) < 4.78 is 1.16. The number of nitrogens with zero attached hydrogens (tertiary/aromatic N) is 2. The summed E-state index contributed by atoms with van der Waals surface area (Å²) in [5.41, 5.74) is 7.89. The molecule has 1 aromatic carbocycles. The van der Waals surface area contributed by atoms with Gasteiger partial charge in [-0.05, 0) is 49.4 Å². The van der Waals surface area contributed by atoms with E-state index in [0.717, 1.165) is 45.9 Å². The van der Waals surface area contributed by atoms with Crippen molar-refractivity contribution in [2.24, 2.45) is 5.92 Å². The molecule has 124 valence electrons. The molecule has 4 rings (SSSR count). The molecule has 4 N–H and O–H groups in total. The minimum absolute atomic E-state index is 0.257. The third-order valence-corrected chi connectivity index (χ3v) is 5.65. The van der Waals surface area contributed by atoms with Crippen molar-refractivity contribution in [1.29, 1.82) is 0 Å². The number of fused-ring (bicyclic) bond motifs is 1. The van der Waals surface area contributed by atoms with Crippen molar-refractivity contribution in [1.82, 2.24) is 9.97 Å². The van der Waals surface area contributed by atoms with Crippen LogP contribution in [-0.2, 0) is 0 Å². The Kier molecular flexibility index (Phi) is 4.08. The number of thiazole rings is 1. The highest BCUT2D eigenvalue weighted by atomic mass is 32.1. The van der Waals surface area contributed by atoms with Crippen LogP contribution in [0.25, 0.3) is 20.8 Å². The van der Waals surface area contributed by atoms with E-state index in [1.807, 2.05) is 30.3 Å². The van der Waals surface area contributed by atoms with E-state index in [1.54, 1.807) is 11.3 Å². The van der Waals surface area contributed by atoms with Gasteiger partial charge in [0, 0.05) is 12.6 Å². The highest BCUT2D eigenvalue weighted by molar-refractivity contribution is 7.21. The number of hydrogen-bond acceptors (Lipinski definition) is 6. The van der Waals surface area contributed by atoms with Gasteiger partial charge in [-0.2, -0.15) is 0 Å². The maximum Gasteiger partial charge on any atom is 0.138 e. The first-order valence-corrected chi connectivity index (χ1v) is 9.04. The molecule has 2 heterocycles. The Balaban J connectivity index is 1.68. The van der Waals surface area contributed by atoms with Gasteiger partial charge in [0.15, 0.2) is 0 Å². The zero-order chi connectivity index (χ0) is 16.5. The van der Waals surface area contributed by atoms with E-state index in [1.165, 1.54) is 0 Å². The third kappa shape index (κ3) is 2.95. The van der Waals surface area contributed by atoms with Crippen molar-refractivity contribution < 1.29 is 5.11 Å². The lowest BCUT2D eigenvalue weighted by Gasteiger charge is -2.16. The molecule has 1 aliphatic rings. The Bertz CT molecular complexity index is 830. The smallest absolute Gasteiger partial charge is 0.138 e. The molecule has 6 heteroatoms. The predicted octanol–water partition coefficient (Wildman–Crippen LogP) is 3.51. The van der Waals surface area contributed by atoms with E-state index >= 15 is 0 Å². The van der Waals surface area contributed by atoms with Crippen molar-refractivity contribution in [2.45, 2.75) is 25.3 Å². The molecule has 0 spiro atoms. The van der Waals surface area contributed by atoms with Crippen LogP contribution in [0.1, 0.15) is 19.3 Å². The fraction of sp³-hybridized carbons (Fsp3) is 0.333. The molecule has 2 atom stereocenters. The molecule has 2 aromatic heterocycles. The van der Waals surface area contributed by atoms with E-state index < -0.39 is 0 Å². The molecular weight excluding hydrogens is 320 g/mol. The summed E-state index contributed by atoms with van der Waals surface area (Å²) in [6.07, 6.45) is 3.06. The zero-order valence-electron chi connectivity index (χ0n) is 13.3. The van der Waals surface area contributed by atoms with Crippen molar-refractivity contribution in [3.05, 3.63) is 36.4 Å². The number of nitrogens with two attached hydrogens (primary N) is 1. The summed E-state index contributed by atoms with van der Waals surface area (Å²) in [5.74, 6) is 1.67. The number of nitrogen functional groups attached to an aromatic ring is 1. The van der Waals surface area contributed by atoms with Crippen LogP contribution in [0.15, 0.2) is 36.4 Å². The monoisotopic (exact) mass is 340 g/mol. The van der Waals surface area contributed by atoms with E-state index in [-0.39, 0.29) is 6.61 Å². The number of hydrogen-bond donors (Lipinski definition) is 3. The lowest BCUT2D eigenvalue weighted by Crippen LogP contribution is -2.18. The zero-order valence-corrected chi connectivity index (χ0v) is 14.1.